The average molecular weight is 646 g/mol. The first kappa shape index (κ1) is 32.1. The molecule has 4 N–H and O–H groups in total. The van der Waals surface area contributed by atoms with Crippen LogP contribution in [-0.2, 0) is 20.1 Å². The number of rotatable bonds is 7. The van der Waals surface area contributed by atoms with Crippen LogP contribution in [0.25, 0.3) is 0 Å². The summed E-state index contributed by atoms with van der Waals surface area (Å²) in [7, 11) is 0. The number of Topliss-reactive ketones (excluding diaryl/α,β-unsaturated/α-hetero) is 1. The van der Waals surface area contributed by atoms with Gasteiger partial charge in [0.1, 0.15) is 6.61 Å². The van der Waals surface area contributed by atoms with Gasteiger partial charge in [0.2, 0.25) is 0 Å². The van der Waals surface area contributed by atoms with Gasteiger partial charge in [-0.15, -0.1) is 0 Å². The molecule has 1 aliphatic heterocycles. The second kappa shape index (κ2) is 11.3. The summed E-state index contributed by atoms with van der Waals surface area (Å²) in [5, 5.41) is 36.0. The van der Waals surface area contributed by atoms with Crippen LogP contribution in [0, 0.1) is 28.6 Å². The Hall–Kier alpha value is -2.46. The second-order valence-electron chi connectivity index (χ2n) is 15.0. The molecule has 5 aliphatic rings. The van der Waals surface area contributed by atoms with Crippen LogP contribution in [0.2, 0.25) is 0 Å². The van der Waals surface area contributed by atoms with E-state index in [1.165, 1.54) is 5.57 Å². The number of hydrogen-bond acceptors (Lipinski definition) is 8. The van der Waals surface area contributed by atoms with Gasteiger partial charge in [0, 0.05) is 43.8 Å². The summed E-state index contributed by atoms with van der Waals surface area (Å²) in [5.74, 6) is -1.37. The number of carbonyl (C=O) groups excluding carboxylic acids is 1. The molecule has 8 heteroatoms. The van der Waals surface area contributed by atoms with E-state index in [-0.39, 0.29) is 29.0 Å². The van der Waals surface area contributed by atoms with Gasteiger partial charge in [-0.3, -0.25) is 4.79 Å². The summed E-state index contributed by atoms with van der Waals surface area (Å²) >= 11 is 1.68. The van der Waals surface area contributed by atoms with Gasteiger partial charge < -0.3 is 30.1 Å². The van der Waals surface area contributed by atoms with Crippen LogP contribution in [-0.4, -0.2) is 57.7 Å². The molecular weight excluding hydrogens is 598 g/mol. The maximum Gasteiger partial charge on any atom is 0.193 e. The number of anilines is 1. The summed E-state index contributed by atoms with van der Waals surface area (Å²) < 4.78 is 13.7. The number of benzene rings is 2. The first-order valence-corrected chi connectivity index (χ1v) is 17.6. The number of aliphatic hydroxyl groups excluding tert-OH is 3. The summed E-state index contributed by atoms with van der Waals surface area (Å²) in [6, 6.07) is 16.9. The molecule has 3 saturated carbocycles. The van der Waals surface area contributed by atoms with Crippen molar-refractivity contribution in [2.75, 3.05) is 11.9 Å². The maximum atomic E-state index is 13.9. The van der Waals surface area contributed by atoms with Crippen LogP contribution in [0.3, 0.4) is 0 Å². The first-order valence-electron chi connectivity index (χ1n) is 16.8. The average Bonchev–Trinajstić information content (AvgIpc) is 3.45. The van der Waals surface area contributed by atoms with Crippen LogP contribution in [0.1, 0.15) is 65.9 Å². The van der Waals surface area contributed by atoms with E-state index < -0.39 is 41.7 Å². The van der Waals surface area contributed by atoms with Gasteiger partial charge in [-0.25, -0.2) is 0 Å². The largest absolute Gasteiger partial charge is 0.393 e. The molecule has 1 unspecified atom stereocenters. The SMILES string of the molecule is CC(C)Nc1ccc(Sc2ccc([C@@]3(C)O[C@@H]4C[C@H]5[C@@H]6CCC7=CC(O)C=C[C@]7(C)[C@H]6[C@@H](O)C[C@]5(C)[C@]4(C(=O)CO)O3)cc2)cc1. The number of ketones is 1. The highest BCUT2D eigenvalue weighted by molar-refractivity contribution is 7.99. The van der Waals surface area contributed by atoms with Gasteiger partial charge in [-0.05, 0) is 94.7 Å². The van der Waals surface area contributed by atoms with Crippen molar-refractivity contribution in [3.63, 3.8) is 0 Å². The van der Waals surface area contributed by atoms with E-state index in [0.29, 0.717) is 18.9 Å². The minimum absolute atomic E-state index is 0.0338. The zero-order valence-corrected chi connectivity index (χ0v) is 28.2. The quantitative estimate of drug-likeness (QED) is 0.263. The minimum atomic E-state index is -1.37. The lowest BCUT2D eigenvalue weighted by molar-refractivity contribution is -0.237. The van der Waals surface area contributed by atoms with Gasteiger partial charge in [0.15, 0.2) is 17.2 Å². The molecule has 0 aromatic heterocycles. The fourth-order valence-corrected chi connectivity index (χ4v) is 10.9. The predicted molar refractivity (Wildman–Crippen MR) is 178 cm³/mol. The molecule has 46 heavy (non-hydrogen) atoms. The highest BCUT2D eigenvalue weighted by Crippen LogP contribution is 2.71. The third-order valence-electron chi connectivity index (χ3n) is 12.0. The highest BCUT2D eigenvalue weighted by atomic mass is 32.2. The topological polar surface area (TPSA) is 108 Å². The second-order valence-corrected chi connectivity index (χ2v) is 16.2. The summed E-state index contributed by atoms with van der Waals surface area (Å²) in [6.07, 6.45) is 6.76. The number of allylic oxidation sites excluding steroid dienone is 2. The number of carbonyl (C=O) groups is 1. The lowest BCUT2D eigenvalue weighted by Crippen LogP contribution is -2.63. The molecule has 2 aromatic rings. The van der Waals surface area contributed by atoms with E-state index in [2.05, 4.69) is 75.5 Å². The van der Waals surface area contributed by atoms with Gasteiger partial charge in [0.25, 0.3) is 0 Å². The molecule has 10 atom stereocenters. The van der Waals surface area contributed by atoms with E-state index in [1.807, 2.05) is 31.2 Å². The Morgan fingerprint density at radius 1 is 1.04 bits per heavy atom. The molecule has 0 bridgehead atoms. The molecule has 7 rings (SSSR count). The van der Waals surface area contributed by atoms with Gasteiger partial charge in [0.05, 0.1) is 18.3 Å². The molecule has 4 fully saturated rings. The van der Waals surface area contributed by atoms with E-state index >= 15 is 0 Å². The van der Waals surface area contributed by atoms with Crippen LogP contribution in [0.4, 0.5) is 5.69 Å². The van der Waals surface area contributed by atoms with Crippen molar-refractivity contribution in [3.05, 3.63) is 77.9 Å². The summed E-state index contributed by atoms with van der Waals surface area (Å²) in [4.78, 5) is 16.2. The number of ether oxygens (including phenoxy) is 2. The molecule has 7 nitrogen and oxygen atoms in total. The molecular formula is C38H47NO6S. The normalized spacial score (nSPS) is 40.9. The van der Waals surface area contributed by atoms with Crippen LogP contribution < -0.4 is 5.32 Å². The lowest BCUT2D eigenvalue weighted by Gasteiger charge is -2.60. The van der Waals surface area contributed by atoms with Crippen molar-refractivity contribution in [2.45, 2.75) is 106 Å². The van der Waals surface area contributed by atoms with Gasteiger partial charge in [-0.1, -0.05) is 61.5 Å². The zero-order chi connectivity index (χ0) is 32.6. The lowest BCUT2D eigenvalue weighted by atomic mass is 9.46. The van der Waals surface area contributed by atoms with Crippen LogP contribution >= 0.6 is 11.8 Å². The van der Waals surface area contributed by atoms with Crippen molar-refractivity contribution in [2.24, 2.45) is 28.6 Å². The van der Waals surface area contributed by atoms with Crippen molar-refractivity contribution >= 4 is 23.2 Å². The summed E-state index contributed by atoms with van der Waals surface area (Å²) in [6.45, 7) is 9.73. The number of fused-ring (bicyclic) bond motifs is 7. The van der Waals surface area contributed by atoms with E-state index in [9.17, 15) is 20.1 Å². The zero-order valence-electron chi connectivity index (χ0n) is 27.4. The summed E-state index contributed by atoms with van der Waals surface area (Å²) in [5.41, 5.74) is 0.648. The smallest absolute Gasteiger partial charge is 0.193 e. The third-order valence-corrected chi connectivity index (χ3v) is 13.0. The molecule has 246 valence electrons. The van der Waals surface area contributed by atoms with Crippen molar-refractivity contribution < 1.29 is 29.6 Å². The minimum Gasteiger partial charge on any atom is -0.393 e. The highest BCUT2D eigenvalue weighted by Gasteiger charge is 2.77. The van der Waals surface area contributed by atoms with E-state index in [4.69, 9.17) is 9.47 Å². The van der Waals surface area contributed by atoms with Crippen LogP contribution in [0.5, 0.6) is 0 Å². The van der Waals surface area contributed by atoms with Crippen molar-refractivity contribution in [1.29, 1.82) is 0 Å². The number of hydrogen-bond donors (Lipinski definition) is 4. The fourth-order valence-electron chi connectivity index (χ4n) is 10.0. The predicted octanol–water partition coefficient (Wildman–Crippen LogP) is 6.23. The Labute approximate surface area is 276 Å². The molecule has 2 aromatic carbocycles. The standard InChI is InChI=1S/C38H47NO6S/c1-22(2)39-25-9-13-28(14-10-25)46-27-11-6-23(7-12-27)37(5)44-33-19-30-29-15-8-24-18-26(41)16-17-35(24,3)34(29)31(42)20-36(30,4)38(33,45-37)32(43)21-40/h6-7,9-14,16-18,22,26,29-31,33-34,39-42H,8,15,19-21H2,1-5H3/t26?,29-,30-,31-,33+,34+,35-,36-,37-,38+/m0/s1. The maximum absolute atomic E-state index is 13.9. The first-order chi connectivity index (χ1) is 21.8. The Morgan fingerprint density at radius 3 is 2.37 bits per heavy atom. The molecule has 0 amide bonds. The number of aliphatic hydroxyl groups is 3. The fraction of sp³-hybridized carbons (Fsp3) is 0.553. The Morgan fingerprint density at radius 2 is 1.72 bits per heavy atom. The van der Waals surface area contributed by atoms with Crippen molar-refractivity contribution in [1.82, 2.24) is 0 Å². The van der Waals surface area contributed by atoms with Gasteiger partial charge >= 0.3 is 0 Å². The van der Waals surface area contributed by atoms with Crippen LogP contribution in [0.15, 0.2) is 82.1 Å². The molecule has 0 spiro atoms. The Kier molecular flexibility index (Phi) is 7.90. The number of nitrogens with one attached hydrogen (secondary N) is 1. The molecule has 1 heterocycles. The molecule has 0 radical (unpaired) electrons. The Balaban J connectivity index is 1.15. The third kappa shape index (κ3) is 4.78. The molecule has 1 saturated heterocycles. The van der Waals surface area contributed by atoms with E-state index in [1.54, 1.807) is 11.8 Å². The van der Waals surface area contributed by atoms with Gasteiger partial charge in [-0.2, -0.15) is 0 Å². The molecule has 4 aliphatic carbocycles. The van der Waals surface area contributed by atoms with Crippen molar-refractivity contribution in [3.8, 4) is 0 Å². The monoisotopic (exact) mass is 645 g/mol. The van der Waals surface area contributed by atoms with E-state index in [0.717, 1.165) is 33.9 Å². The Bertz CT molecular complexity index is 1560.